The topological polar surface area (TPSA) is 41.5 Å². The summed E-state index contributed by atoms with van der Waals surface area (Å²) in [5.74, 6) is 1.63. The van der Waals surface area contributed by atoms with Crippen LogP contribution in [0.4, 0.5) is 0 Å². The van der Waals surface area contributed by atoms with Gasteiger partial charge in [0.25, 0.3) is 0 Å². The molecule has 1 atom stereocenters. The van der Waals surface area contributed by atoms with Gasteiger partial charge in [-0.15, -0.1) is 0 Å². The number of ether oxygens (including phenoxy) is 1. The standard InChI is InChI=1S/C14H20BrNO2/c1-18-14-3-2-11(8-13(14)15)12(9-17)10-4-6-16-7-5-10/h2-3,8,10,12,16-17H,4-7,9H2,1H3. The Hall–Kier alpha value is -0.580. The molecule has 1 unspecified atom stereocenters. The molecule has 1 fully saturated rings. The number of nitrogens with one attached hydrogen (secondary N) is 1. The molecule has 4 heteroatoms. The maximum Gasteiger partial charge on any atom is 0.133 e. The maximum absolute atomic E-state index is 9.68. The molecule has 1 aliphatic rings. The van der Waals surface area contributed by atoms with E-state index in [0.29, 0.717) is 5.92 Å². The number of aliphatic hydroxyl groups is 1. The van der Waals surface area contributed by atoms with Crippen LogP contribution < -0.4 is 10.1 Å². The third kappa shape index (κ3) is 3.05. The largest absolute Gasteiger partial charge is 0.496 e. The number of rotatable bonds is 4. The Morgan fingerprint density at radius 3 is 2.72 bits per heavy atom. The van der Waals surface area contributed by atoms with Crippen LogP contribution >= 0.6 is 15.9 Å². The van der Waals surface area contributed by atoms with Crippen molar-refractivity contribution in [3.8, 4) is 5.75 Å². The van der Waals surface area contributed by atoms with Gasteiger partial charge >= 0.3 is 0 Å². The van der Waals surface area contributed by atoms with E-state index in [-0.39, 0.29) is 12.5 Å². The predicted octanol–water partition coefficient (Wildman–Crippen LogP) is 2.53. The number of aliphatic hydroxyl groups excluding tert-OH is 1. The van der Waals surface area contributed by atoms with Gasteiger partial charge in [0.2, 0.25) is 0 Å². The lowest BCUT2D eigenvalue weighted by molar-refractivity contribution is 0.201. The molecule has 1 aliphatic heterocycles. The lowest BCUT2D eigenvalue weighted by Gasteiger charge is -2.30. The molecule has 2 N–H and O–H groups in total. The number of hydrogen-bond acceptors (Lipinski definition) is 3. The molecule has 0 spiro atoms. The Morgan fingerprint density at radius 2 is 2.17 bits per heavy atom. The SMILES string of the molecule is COc1ccc(C(CO)C2CCNCC2)cc1Br. The third-order valence-corrected chi connectivity index (χ3v) is 4.37. The molecule has 1 heterocycles. The Kier molecular flexibility index (Phi) is 5.03. The summed E-state index contributed by atoms with van der Waals surface area (Å²) in [7, 11) is 1.66. The average molecular weight is 314 g/mol. The number of benzene rings is 1. The van der Waals surface area contributed by atoms with E-state index in [4.69, 9.17) is 4.74 Å². The molecule has 2 rings (SSSR count). The average Bonchev–Trinajstić information content (AvgIpc) is 2.41. The second kappa shape index (κ2) is 6.55. The minimum atomic E-state index is 0.212. The number of piperidine rings is 1. The molecule has 0 radical (unpaired) electrons. The van der Waals surface area contributed by atoms with Gasteiger partial charge in [-0.1, -0.05) is 6.07 Å². The van der Waals surface area contributed by atoms with E-state index >= 15 is 0 Å². The fraction of sp³-hybridized carbons (Fsp3) is 0.571. The molecular formula is C14H20BrNO2. The van der Waals surface area contributed by atoms with Gasteiger partial charge < -0.3 is 15.2 Å². The summed E-state index contributed by atoms with van der Waals surface area (Å²) in [4.78, 5) is 0. The van der Waals surface area contributed by atoms with Crippen LogP contribution in [0.3, 0.4) is 0 Å². The van der Waals surface area contributed by atoms with Crippen LogP contribution in [0.2, 0.25) is 0 Å². The lowest BCUT2D eigenvalue weighted by atomic mass is 9.81. The zero-order valence-corrected chi connectivity index (χ0v) is 12.2. The molecule has 1 aromatic rings. The molecule has 1 saturated heterocycles. The smallest absolute Gasteiger partial charge is 0.133 e. The first-order chi connectivity index (χ1) is 8.76. The van der Waals surface area contributed by atoms with E-state index in [1.54, 1.807) is 7.11 Å². The van der Waals surface area contributed by atoms with Crippen molar-refractivity contribution in [1.82, 2.24) is 5.32 Å². The first-order valence-electron chi connectivity index (χ1n) is 6.41. The van der Waals surface area contributed by atoms with Crippen molar-refractivity contribution < 1.29 is 9.84 Å². The van der Waals surface area contributed by atoms with E-state index in [1.165, 1.54) is 5.56 Å². The monoisotopic (exact) mass is 313 g/mol. The molecule has 3 nitrogen and oxygen atoms in total. The van der Waals surface area contributed by atoms with Crippen LogP contribution in [0, 0.1) is 5.92 Å². The first-order valence-corrected chi connectivity index (χ1v) is 7.20. The Balaban J connectivity index is 2.18. The van der Waals surface area contributed by atoms with Gasteiger partial charge in [0.15, 0.2) is 0 Å². The fourth-order valence-electron chi connectivity index (χ4n) is 2.69. The molecule has 0 saturated carbocycles. The minimum absolute atomic E-state index is 0.212. The van der Waals surface area contributed by atoms with Crippen LogP contribution in [0.25, 0.3) is 0 Å². The number of methoxy groups -OCH3 is 1. The highest BCUT2D eigenvalue weighted by atomic mass is 79.9. The first kappa shape index (κ1) is 13.8. The molecule has 100 valence electrons. The third-order valence-electron chi connectivity index (χ3n) is 3.75. The van der Waals surface area contributed by atoms with Gasteiger partial charge in [0.05, 0.1) is 18.2 Å². The lowest BCUT2D eigenvalue weighted by Crippen LogP contribution is -2.32. The van der Waals surface area contributed by atoms with Crippen molar-refractivity contribution in [1.29, 1.82) is 0 Å². The van der Waals surface area contributed by atoms with E-state index in [1.807, 2.05) is 6.07 Å². The summed E-state index contributed by atoms with van der Waals surface area (Å²) in [6.07, 6.45) is 2.27. The Labute approximate surface area is 117 Å². The van der Waals surface area contributed by atoms with Crippen molar-refractivity contribution in [3.05, 3.63) is 28.2 Å². The van der Waals surface area contributed by atoms with Crippen molar-refractivity contribution in [2.75, 3.05) is 26.8 Å². The molecule has 0 bridgehead atoms. The van der Waals surface area contributed by atoms with Gasteiger partial charge in [-0.3, -0.25) is 0 Å². The van der Waals surface area contributed by atoms with E-state index in [9.17, 15) is 5.11 Å². The van der Waals surface area contributed by atoms with Gasteiger partial charge in [-0.2, -0.15) is 0 Å². The van der Waals surface area contributed by atoms with Crippen molar-refractivity contribution in [2.45, 2.75) is 18.8 Å². The fourth-order valence-corrected chi connectivity index (χ4v) is 3.24. The van der Waals surface area contributed by atoms with Gasteiger partial charge in [-0.25, -0.2) is 0 Å². The van der Waals surface area contributed by atoms with Crippen LogP contribution in [0.1, 0.15) is 24.3 Å². The zero-order chi connectivity index (χ0) is 13.0. The van der Waals surface area contributed by atoms with Crippen LogP contribution in [0.5, 0.6) is 5.75 Å². The summed E-state index contributed by atoms with van der Waals surface area (Å²) in [5, 5.41) is 13.0. The summed E-state index contributed by atoms with van der Waals surface area (Å²) in [5.41, 5.74) is 1.19. The second-order valence-corrected chi connectivity index (χ2v) is 5.62. The van der Waals surface area contributed by atoms with E-state index < -0.39 is 0 Å². The summed E-state index contributed by atoms with van der Waals surface area (Å²) in [6, 6.07) is 6.09. The highest BCUT2D eigenvalue weighted by Crippen LogP contribution is 2.34. The summed E-state index contributed by atoms with van der Waals surface area (Å²) < 4.78 is 6.19. The van der Waals surface area contributed by atoms with Crippen molar-refractivity contribution in [3.63, 3.8) is 0 Å². The molecular weight excluding hydrogens is 294 g/mol. The normalized spacial score (nSPS) is 18.6. The number of halogens is 1. The second-order valence-electron chi connectivity index (χ2n) is 4.77. The van der Waals surface area contributed by atoms with Gasteiger partial charge in [0.1, 0.15) is 5.75 Å². The summed E-state index contributed by atoms with van der Waals surface area (Å²) in [6.45, 7) is 2.32. The Bertz CT molecular complexity index is 391. The van der Waals surface area contributed by atoms with Gasteiger partial charge in [-0.05, 0) is 65.5 Å². The zero-order valence-electron chi connectivity index (χ0n) is 10.7. The Morgan fingerprint density at radius 1 is 1.44 bits per heavy atom. The molecule has 0 aliphatic carbocycles. The predicted molar refractivity (Wildman–Crippen MR) is 76.1 cm³/mol. The van der Waals surface area contributed by atoms with Crippen LogP contribution in [-0.4, -0.2) is 31.9 Å². The summed E-state index contributed by atoms with van der Waals surface area (Å²) >= 11 is 3.51. The highest BCUT2D eigenvalue weighted by Gasteiger charge is 2.24. The molecule has 0 aromatic heterocycles. The quantitative estimate of drug-likeness (QED) is 0.897. The molecule has 1 aromatic carbocycles. The highest BCUT2D eigenvalue weighted by molar-refractivity contribution is 9.10. The minimum Gasteiger partial charge on any atom is -0.496 e. The maximum atomic E-state index is 9.68. The van der Waals surface area contributed by atoms with Crippen LogP contribution in [-0.2, 0) is 0 Å². The van der Waals surface area contributed by atoms with E-state index in [0.717, 1.165) is 36.2 Å². The van der Waals surface area contributed by atoms with Gasteiger partial charge in [0, 0.05) is 5.92 Å². The molecule has 0 amide bonds. The number of hydrogen-bond donors (Lipinski definition) is 2. The van der Waals surface area contributed by atoms with Crippen molar-refractivity contribution in [2.24, 2.45) is 5.92 Å². The van der Waals surface area contributed by atoms with Crippen molar-refractivity contribution >= 4 is 15.9 Å². The molecule has 18 heavy (non-hydrogen) atoms. The van der Waals surface area contributed by atoms with Crippen LogP contribution in [0.15, 0.2) is 22.7 Å². The van der Waals surface area contributed by atoms with E-state index in [2.05, 4.69) is 33.4 Å².